The van der Waals surface area contributed by atoms with Crippen LogP contribution >= 0.6 is 11.8 Å². The van der Waals surface area contributed by atoms with Gasteiger partial charge in [0.25, 0.3) is 0 Å². The third-order valence-corrected chi connectivity index (χ3v) is 4.61. The molecule has 1 heterocycles. The Hall–Kier alpha value is -2.41. The number of hydrogen-bond donors (Lipinski definition) is 0. The van der Waals surface area contributed by atoms with E-state index >= 15 is 0 Å². The number of aromatic nitrogens is 3. The molecule has 0 bridgehead atoms. The zero-order valence-corrected chi connectivity index (χ0v) is 15.9. The molecule has 0 aliphatic rings. The van der Waals surface area contributed by atoms with Gasteiger partial charge in [0.1, 0.15) is 5.82 Å². The fraction of sp³-hybridized carbons (Fsp3) is 0.316. The Kier molecular flexibility index (Phi) is 7.15. The minimum absolute atomic E-state index is 0.00101. The van der Waals surface area contributed by atoms with E-state index in [1.54, 1.807) is 33.7 Å². The van der Waals surface area contributed by atoms with Crippen molar-refractivity contribution in [2.45, 2.75) is 25.5 Å². The van der Waals surface area contributed by atoms with Gasteiger partial charge in [-0.15, -0.1) is 16.8 Å². The number of likely N-dealkylation sites (N-methyl/N-ethyl adjacent to an activating group) is 1. The lowest BCUT2D eigenvalue weighted by molar-refractivity contribution is -0.127. The molecule has 0 aliphatic carbocycles. The van der Waals surface area contributed by atoms with E-state index in [1.807, 2.05) is 13.8 Å². The van der Waals surface area contributed by atoms with E-state index in [4.69, 9.17) is 0 Å². The Morgan fingerprint density at radius 2 is 2.12 bits per heavy atom. The molecule has 7 heteroatoms. The van der Waals surface area contributed by atoms with Gasteiger partial charge in [0.2, 0.25) is 5.91 Å². The van der Waals surface area contributed by atoms with E-state index < -0.39 is 0 Å². The third kappa shape index (κ3) is 4.82. The number of rotatable bonds is 9. The molecule has 0 saturated heterocycles. The van der Waals surface area contributed by atoms with Crippen molar-refractivity contribution in [1.82, 2.24) is 19.7 Å². The highest BCUT2D eigenvalue weighted by molar-refractivity contribution is 7.99. The van der Waals surface area contributed by atoms with Crippen LogP contribution in [0, 0.1) is 5.82 Å². The number of carbonyl (C=O) groups is 1. The second kappa shape index (κ2) is 9.33. The SMILES string of the molecule is C=CCn1c(SCC(=O)N(CC)CC(=C)C)nnc1-c1ccccc1F. The molecule has 5 nitrogen and oxygen atoms in total. The van der Waals surface area contributed by atoms with Gasteiger partial charge in [0, 0.05) is 19.6 Å². The zero-order chi connectivity index (χ0) is 19.1. The number of nitrogens with zero attached hydrogens (tertiary/aromatic N) is 4. The molecule has 138 valence electrons. The molecular weight excluding hydrogens is 351 g/mol. The highest BCUT2D eigenvalue weighted by Gasteiger charge is 2.18. The van der Waals surface area contributed by atoms with E-state index in [9.17, 15) is 9.18 Å². The first-order chi connectivity index (χ1) is 12.5. The molecule has 0 spiro atoms. The minimum Gasteiger partial charge on any atom is -0.338 e. The van der Waals surface area contributed by atoms with Crippen molar-refractivity contribution in [3.8, 4) is 11.4 Å². The van der Waals surface area contributed by atoms with Gasteiger partial charge >= 0.3 is 0 Å². The zero-order valence-electron chi connectivity index (χ0n) is 15.1. The maximum Gasteiger partial charge on any atom is 0.233 e. The van der Waals surface area contributed by atoms with E-state index in [2.05, 4.69) is 23.4 Å². The third-order valence-electron chi connectivity index (χ3n) is 3.66. The fourth-order valence-electron chi connectivity index (χ4n) is 2.45. The number of amides is 1. The molecule has 2 aromatic rings. The van der Waals surface area contributed by atoms with Crippen LogP contribution < -0.4 is 0 Å². The standard InChI is InChI=1S/C19H23FN4OS/c1-5-11-24-18(15-9-7-8-10-16(15)20)21-22-19(24)26-13-17(25)23(6-2)12-14(3)4/h5,7-10H,1,3,6,11-13H2,2,4H3. The Morgan fingerprint density at radius 1 is 1.38 bits per heavy atom. The van der Waals surface area contributed by atoms with Crippen LogP contribution in [0.5, 0.6) is 0 Å². The smallest absolute Gasteiger partial charge is 0.233 e. The second-order valence-electron chi connectivity index (χ2n) is 5.84. The molecule has 0 radical (unpaired) electrons. The van der Waals surface area contributed by atoms with E-state index in [0.29, 0.717) is 36.2 Å². The lowest BCUT2D eigenvalue weighted by atomic mass is 10.2. The number of hydrogen-bond acceptors (Lipinski definition) is 4. The van der Waals surface area contributed by atoms with E-state index in [1.165, 1.54) is 17.8 Å². The van der Waals surface area contributed by atoms with Gasteiger partial charge in [-0.05, 0) is 26.0 Å². The topological polar surface area (TPSA) is 51.0 Å². The van der Waals surface area contributed by atoms with Crippen LogP contribution in [-0.2, 0) is 11.3 Å². The first kappa shape index (κ1) is 19.9. The van der Waals surface area contributed by atoms with Crippen molar-refractivity contribution in [2.75, 3.05) is 18.8 Å². The quantitative estimate of drug-likeness (QED) is 0.495. The van der Waals surface area contributed by atoms with Crippen LogP contribution in [0.4, 0.5) is 4.39 Å². The number of halogens is 1. The highest BCUT2D eigenvalue weighted by atomic mass is 32.2. The highest BCUT2D eigenvalue weighted by Crippen LogP contribution is 2.26. The van der Waals surface area contributed by atoms with Crippen molar-refractivity contribution in [3.63, 3.8) is 0 Å². The average molecular weight is 374 g/mol. The molecule has 0 N–H and O–H groups in total. The summed E-state index contributed by atoms with van der Waals surface area (Å²) in [6.45, 7) is 13.0. The Labute approximate surface area is 157 Å². The van der Waals surface area contributed by atoms with Gasteiger partial charge in [-0.3, -0.25) is 9.36 Å². The summed E-state index contributed by atoms with van der Waals surface area (Å²) >= 11 is 1.29. The van der Waals surface area contributed by atoms with Crippen LogP contribution in [0.3, 0.4) is 0 Å². The predicted molar refractivity (Wildman–Crippen MR) is 103 cm³/mol. The fourth-order valence-corrected chi connectivity index (χ4v) is 3.30. The molecule has 0 atom stereocenters. The predicted octanol–water partition coefficient (Wildman–Crippen LogP) is 3.79. The number of benzene rings is 1. The van der Waals surface area contributed by atoms with Crippen LogP contribution in [0.1, 0.15) is 13.8 Å². The second-order valence-corrected chi connectivity index (χ2v) is 6.78. The van der Waals surface area contributed by atoms with Crippen LogP contribution in [0.15, 0.2) is 54.2 Å². The summed E-state index contributed by atoms with van der Waals surface area (Å²) in [4.78, 5) is 14.1. The van der Waals surface area contributed by atoms with Gasteiger partial charge < -0.3 is 4.90 Å². The molecule has 1 aromatic carbocycles. The van der Waals surface area contributed by atoms with Gasteiger partial charge in [0.05, 0.1) is 11.3 Å². The summed E-state index contributed by atoms with van der Waals surface area (Å²) < 4.78 is 15.9. The molecule has 1 aromatic heterocycles. The normalized spacial score (nSPS) is 10.6. The number of thioether (sulfide) groups is 1. The summed E-state index contributed by atoms with van der Waals surface area (Å²) in [7, 11) is 0. The number of carbonyl (C=O) groups excluding carboxylic acids is 1. The Morgan fingerprint density at radius 3 is 2.73 bits per heavy atom. The van der Waals surface area contributed by atoms with Gasteiger partial charge in [-0.1, -0.05) is 42.1 Å². The van der Waals surface area contributed by atoms with Crippen molar-refractivity contribution in [2.24, 2.45) is 0 Å². The van der Waals surface area contributed by atoms with Crippen LogP contribution in [0.2, 0.25) is 0 Å². The Balaban J connectivity index is 2.20. The Bertz CT molecular complexity index is 803. The molecule has 2 rings (SSSR count). The van der Waals surface area contributed by atoms with Crippen molar-refractivity contribution in [3.05, 3.63) is 54.9 Å². The number of allylic oxidation sites excluding steroid dienone is 1. The average Bonchev–Trinajstić information content (AvgIpc) is 3.00. The van der Waals surface area contributed by atoms with Crippen LogP contribution in [0.25, 0.3) is 11.4 Å². The van der Waals surface area contributed by atoms with Crippen molar-refractivity contribution >= 4 is 17.7 Å². The lowest BCUT2D eigenvalue weighted by Gasteiger charge is -2.20. The van der Waals surface area contributed by atoms with E-state index in [-0.39, 0.29) is 17.5 Å². The summed E-state index contributed by atoms with van der Waals surface area (Å²) in [6, 6.07) is 6.42. The first-order valence-corrected chi connectivity index (χ1v) is 9.30. The molecule has 26 heavy (non-hydrogen) atoms. The van der Waals surface area contributed by atoms with Crippen LogP contribution in [-0.4, -0.2) is 44.4 Å². The summed E-state index contributed by atoms with van der Waals surface area (Å²) in [5.41, 5.74) is 1.30. The molecule has 0 aliphatic heterocycles. The summed E-state index contributed by atoms with van der Waals surface area (Å²) in [5, 5.41) is 8.82. The molecular formula is C19H23FN4OS. The van der Waals surface area contributed by atoms with Crippen molar-refractivity contribution < 1.29 is 9.18 Å². The van der Waals surface area contributed by atoms with Gasteiger partial charge in [-0.25, -0.2) is 4.39 Å². The molecule has 1 amide bonds. The maximum absolute atomic E-state index is 14.1. The molecule has 0 saturated carbocycles. The molecule has 0 fully saturated rings. The monoisotopic (exact) mass is 374 g/mol. The summed E-state index contributed by atoms with van der Waals surface area (Å²) in [5.74, 6) is 0.290. The maximum atomic E-state index is 14.1. The minimum atomic E-state index is -0.364. The first-order valence-electron chi connectivity index (χ1n) is 8.31. The summed E-state index contributed by atoms with van der Waals surface area (Å²) in [6.07, 6.45) is 1.69. The lowest BCUT2D eigenvalue weighted by Crippen LogP contribution is -2.33. The van der Waals surface area contributed by atoms with E-state index in [0.717, 1.165) is 5.57 Å². The van der Waals surface area contributed by atoms with Crippen molar-refractivity contribution in [1.29, 1.82) is 0 Å². The van der Waals surface area contributed by atoms with Gasteiger partial charge in [0.15, 0.2) is 11.0 Å². The van der Waals surface area contributed by atoms with Gasteiger partial charge in [-0.2, -0.15) is 0 Å². The molecule has 0 unspecified atom stereocenters. The largest absolute Gasteiger partial charge is 0.338 e.